The van der Waals surface area contributed by atoms with Crippen molar-refractivity contribution < 1.29 is 23.0 Å². The fourth-order valence-electron chi connectivity index (χ4n) is 7.05. The van der Waals surface area contributed by atoms with Crippen LogP contribution in [-0.2, 0) is 13.0 Å². The fraction of sp³-hybridized carbons (Fsp3) is 0.372. The van der Waals surface area contributed by atoms with Crippen LogP contribution in [0, 0.1) is 11.6 Å². The third-order valence-corrected chi connectivity index (χ3v) is 9.55. The lowest BCUT2D eigenvalue weighted by Crippen LogP contribution is -2.45. The normalized spacial score (nSPS) is 15.9. The molecule has 0 saturated carbocycles. The van der Waals surface area contributed by atoms with E-state index in [1.807, 2.05) is 50.5 Å². The van der Waals surface area contributed by atoms with Gasteiger partial charge in [0.15, 0.2) is 11.5 Å². The maximum Gasteiger partial charge on any atom is 0.163 e. The average molecular weight is 711 g/mol. The molecule has 2 aliphatic rings. The minimum Gasteiger partial charge on any atom is -0.497 e. The summed E-state index contributed by atoms with van der Waals surface area (Å²) < 4.78 is 44.7. The minimum atomic E-state index is -0.570. The summed E-state index contributed by atoms with van der Waals surface area (Å²) in [6.07, 6.45) is 11.7. The SMILES string of the molecule is CC.CCCc1cc(-c2cc(CN(c3ccc(OC)cc3)C3CCN(CC4=CC(c5cc(F)cc(F)c5)NC=C4)CC3)ccn2)cc(OC)c1OC. The highest BCUT2D eigenvalue weighted by atomic mass is 19.1. The largest absolute Gasteiger partial charge is 0.497 e. The number of benzene rings is 3. The van der Waals surface area contributed by atoms with Crippen LogP contribution >= 0.6 is 0 Å². The van der Waals surface area contributed by atoms with Crippen molar-refractivity contribution in [3.8, 4) is 28.5 Å². The summed E-state index contributed by atoms with van der Waals surface area (Å²) in [5.74, 6) is 1.18. The van der Waals surface area contributed by atoms with Gasteiger partial charge in [-0.3, -0.25) is 9.88 Å². The number of pyridine rings is 1. The van der Waals surface area contributed by atoms with Crippen molar-refractivity contribution in [3.05, 3.63) is 125 Å². The Balaban J connectivity index is 0.00000257. The number of aryl methyl sites for hydroxylation is 1. The molecule has 7 nitrogen and oxygen atoms in total. The molecular formula is C43H52F2N4O3. The molecule has 276 valence electrons. The summed E-state index contributed by atoms with van der Waals surface area (Å²) in [5.41, 5.74) is 7.03. The number of hydrogen-bond acceptors (Lipinski definition) is 7. The standard InChI is InChI=1S/C41H46F2N4O3.C2H6/c1-5-6-30-21-31(24-40(49-3)41(30)50-4)38-20-29(12-16-44-38)27-47(35-7-9-37(48-2)10-8-35)36-13-17-46(18-14-36)26-28-11-15-45-39(19-28)32-22-33(42)25-34(43)23-32;1-2/h7-12,15-16,19-25,36,39,45H,5-6,13-14,17-18,26-27H2,1-4H3;1-2H3. The van der Waals surface area contributed by atoms with E-state index in [1.54, 1.807) is 21.3 Å². The number of halogens is 2. The first-order valence-electron chi connectivity index (χ1n) is 18.3. The highest BCUT2D eigenvalue weighted by Crippen LogP contribution is 2.37. The molecule has 1 aromatic heterocycles. The van der Waals surface area contributed by atoms with Crippen LogP contribution in [0.5, 0.6) is 17.2 Å². The molecule has 0 spiro atoms. The number of piperidine rings is 1. The van der Waals surface area contributed by atoms with E-state index in [9.17, 15) is 8.78 Å². The topological polar surface area (TPSA) is 59.1 Å². The number of aromatic nitrogens is 1. The van der Waals surface area contributed by atoms with Crippen molar-refractivity contribution in [2.45, 2.75) is 65.1 Å². The number of rotatable bonds is 13. The summed E-state index contributed by atoms with van der Waals surface area (Å²) in [5, 5.41) is 3.22. The zero-order valence-corrected chi connectivity index (χ0v) is 31.3. The van der Waals surface area contributed by atoms with Crippen molar-refractivity contribution in [1.29, 1.82) is 0 Å². The van der Waals surface area contributed by atoms with Gasteiger partial charge in [0.05, 0.1) is 33.1 Å². The van der Waals surface area contributed by atoms with Crippen LogP contribution in [0.3, 0.4) is 0 Å². The van der Waals surface area contributed by atoms with Gasteiger partial charge in [-0.2, -0.15) is 0 Å². The lowest BCUT2D eigenvalue weighted by Gasteiger charge is -2.40. The summed E-state index contributed by atoms with van der Waals surface area (Å²) in [4.78, 5) is 9.73. The van der Waals surface area contributed by atoms with Gasteiger partial charge in [-0.1, -0.05) is 33.3 Å². The molecule has 0 aliphatic carbocycles. The van der Waals surface area contributed by atoms with Crippen LogP contribution in [0.4, 0.5) is 14.5 Å². The molecule has 4 aromatic rings. The maximum absolute atomic E-state index is 13.9. The molecule has 1 unspecified atom stereocenters. The van der Waals surface area contributed by atoms with Crippen molar-refractivity contribution >= 4 is 5.69 Å². The van der Waals surface area contributed by atoms with Crippen molar-refractivity contribution in [2.24, 2.45) is 0 Å². The Labute approximate surface area is 307 Å². The third kappa shape index (κ3) is 9.50. The van der Waals surface area contributed by atoms with Gasteiger partial charge in [0, 0.05) is 55.7 Å². The van der Waals surface area contributed by atoms with E-state index in [4.69, 9.17) is 19.2 Å². The number of ether oxygens (including phenoxy) is 3. The lowest BCUT2D eigenvalue weighted by atomic mass is 9.98. The van der Waals surface area contributed by atoms with E-state index in [1.165, 1.54) is 17.7 Å². The van der Waals surface area contributed by atoms with Gasteiger partial charge in [-0.05, 0) is 114 Å². The van der Waals surface area contributed by atoms with Crippen LogP contribution in [0.25, 0.3) is 11.3 Å². The molecule has 1 N–H and O–H groups in total. The van der Waals surface area contributed by atoms with Crippen molar-refractivity contribution in [1.82, 2.24) is 15.2 Å². The summed E-state index contributed by atoms with van der Waals surface area (Å²) in [6, 6.07) is 20.5. The lowest BCUT2D eigenvalue weighted by molar-refractivity contribution is 0.224. The number of methoxy groups -OCH3 is 3. The molecule has 2 aliphatic heterocycles. The van der Waals surface area contributed by atoms with Gasteiger partial charge in [0.2, 0.25) is 0 Å². The second-order valence-electron chi connectivity index (χ2n) is 12.9. The van der Waals surface area contributed by atoms with E-state index in [0.717, 1.165) is 97.5 Å². The zero-order valence-electron chi connectivity index (χ0n) is 31.3. The Kier molecular flexibility index (Phi) is 13.7. The molecule has 1 atom stereocenters. The monoisotopic (exact) mass is 710 g/mol. The predicted molar refractivity (Wildman–Crippen MR) is 206 cm³/mol. The van der Waals surface area contributed by atoms with Crippen LogP contribution < -0.4 is 24.4 Å². The van der Waals surface area contributed by atoms with E-state index >= 15 is 0 Å². The second-order valence-corrected chi connectivity index (χ2v) is 12.9. The van der Waals surface area contributed by atoms with E-state index in [2.05, 4.69) is 58.4 Å². The van der Waals surface area contributed by atoms with E-state index in [0.29, 0.717) is 17.4 Å². The van der Waals surface area contributed by atoms with Gasteiger partial charge >= 0.3 is 0 Å². The number of hydrogen-bond donors (Lipinski definition) is 1. The smallest absolute Gasteiger partial charge is 0.163 e. The molecule has 1 saturated heterocycles. The fourth-order valence-corrected chi connectivity index (χ4v) is 7.05. The van der Waals surface area contributed by atoms with Crippen LogP contribution in [-0.4, -0.2) is 56.9 Å². The van der Waals surface area contributed by atoms with Crippen LogP contribution in [0.1, 0.15) is 62.8 Å². The van der Waals surface area contributed by atoms with Gasteiger partial charge < -0.3 is 24.4 Å². The molecule has 9 heteroatoms. The number of dihydropyridines is 1. The summed E-state index contributed by atoms with van der Waals surface area (Å²) in [7, 11) is 5.04. The number of likely N-dealkylation sites (tertiary alicyclic amines) is 1. The molecule has 6 rings (SSSR count). The third-order valence-electron chi connectivity index (χ3n) is 9.55. The first kappa shape index (κ1) is 38.3. The second kappa shape index (κ2) is 18.6. The van der Waals surface area contributed by atoms with E-state index < -0.39 is 11.6 Å². The molecule has 0 radical (unpaired) electrons. The minimum absolute atomic E-state index is 0.272. The maximum atomic E-state index is 13.9. The molecule has 3 aromatic carbocycles. The Bertz CT molecular complexity index is 1800. The Morgan fingerprint density at radius 2 is 1.62 bits per heavy atom. The molecular weight excluding hydrogens is 658 g/mol. The Morgan fingerprint density at radius 3 is 2.27 bits per heavy atom. The average Bonchev–Trinajstić information content (AvgIpc) is 3.18. The van der Waals surface area contributed by atoms with Crippen molar-refractivity contribution in [2.75, 3.05) is 45.9 Å². The number of anilines is 1. The molecule has 0 bridgehead atoms. The highest BCUT2D eigenvalue weighted by Gasteiger charge is 2.26. The van der Waals surface area contributed by atoms with Crippen LogP contribution in [0.15, 0.2) is 96.9 Å². The first-order chi connectivity index (χ1) is 25.4. The molecule has 3 heterocycles. The van der Waals surface area contributed by atoms with Gasteiger partial charge in [0.25, 0.3) is 0 Å². The summed E-state index contributed by atoms with van der Waals surface area (Å²) in [6.45, 7) is 9.53. The van der Waals surface area contributed by atoms with Gasteiger partial charge in [-0.15, -0.1) is 0 Å². The highest BCUT2D eigenvalue weighted by molar-refractivity contribution is 5.67. The first-order valence-corrected chi connectivity index (χ1v) is 18.3. The van der Waals surface area contributed by atoms with Crippen LogP contribution in [0.2, 0.25) is 0 Å². The number of nitrogens with zero attached hydrogens (tertiary/aromatic N) is 3. The van der Waals surface area contributed by atoms with Gasteiger partial charge in [-0.25, -0.2) is 8.78 Å². The molecule has 0 amide bonds. The predicted octanol–water partition coefficient (Wildman–Crippen LogP) is 9.29. The van der Waals surface area contributed by atoms with Gasteiger partial charge in [0.1, 0.15) is 17.4 Å². The summed E-state index contributed by atoms with van der Waals surface area (Å²) >= 11 is 0. The van der Waals surface area contributed by atoms with E-state index in [-0.39, 0.29) is 6.04 Å². The Hall–Kier alpha value is -4.89. The quantitative estimate of drug-likeness (QED) is 0.149. The molecule has 1 fully saturated rings. The Morgan fingerprint density at radius 1 is 0.885 bits per heavy atom. The van der Waals surface area contributed by atoms with Crippen molar-refractivity contribution in [3.63, 3.8) is 0 Å². The zero-order chi connectivity index (χ0) is 37.0. The number of nitrogens with one attached hydrogen (secondary N) is 1. The molecule has 52 heavy (non-hydrogen) atoms.